The summed E-state index contributed by atoms with van der Waals surface area (Å²) in [4.78, 5) is 12.8. The van der Waals surface area contributed by atoms with E-state index < -0.39 is 32.9 Å². The third-order valence-electron chi connectivity index (χ3n) is 3.08. The zero-order valence-corrected chi connectivity index (χ0v) is 12.8. The molecule has 1 aromatic carbocycles. The van der Waals surface area contributed by atoms with Crippen LogP contribution in [0.5, 0.6) is 0 Å². The summed E-state index contributed by atoms with van der Waals surface area (Å²) in [5.41, 5.74) is -0.952. The number of benzene rings is 1. The molecular weight excluding hydrogens is 377 g/mol. The van der Waals surface area contributed by atoms with Gasteiger partial charge in [-0.15, -0.1) is 0 Å². The Labute approximate surface area is 127 Å². The van der Waals surface area contributed by atoms with Crippen LogP contribution in [0, 0.1) is 0 Å². The van der Waals surface area contributed by atoms with Gasteiger partial charge in [-0.05, 0) is 18.2 Å². The largest absolute Gasteiger partial charge is 0.416 e. The van der Waals surface area contributed by atoms with Crippen LogP contribution in [0.1, 0.15) is 12.0 Å². The Bertz CT molecular complexity index is 690. The number of anilines is 1. The van der Waals surface area contributed by atoms with Crippen molar-refractivity contribution < 1.29 is 26.4 Å². The second-order valence-electron chi connectivity index (χ2n) is 4.62. The van der Waals surface area contributed by atoms with Gasteiger partial charge in [0, 0.05) is 23.1 Å². The lowest BCUT2D eigenvalue weighted by atomic mass is 10.2. The van der Waals surface area contributed by atoms with Crippen LogP contribution in [0.4, 0.5) is 18.9 Å². The number of primary sulfonamides is 1. The standard InChI is InChI=1S/C11H10BrF3N2O3S/c12-7-1-6(11(13,14)15)2-8(3-7)17-5-9(4-10(17)18)21(16,19)20/h1-3,9H,4-5H2,(H2,16,19,20). The van der Waals surface area contributed by atoms with Crippen molar-refractivity contribution in [3.05, 3.63) is 28.2 Å². The third-order valence-corrected chi connectivity index (χ3v) is 4.78. The molecule has 0 aromatic heterocycles. The molecule has 5 nitrogen and oxygen atoms in total. The van der Waals surface area contributed by atoms with Gasteiger partial charge in [0.15, 0.2) is 0 Å². The minimum atomic E-state index is -4.57. The van der Waals surface area contributed by atoms with Crippen molar-refractivity contribution in [1.82, 2.24) is 0 Å². The molecule has 1 fully saturated rings. The summed E-state index contributed by atoms with van der Waals surface area (Å²) in [6.45, 7) is -0.259. The highest BCUT2D eigenvalue weighted by atomic mass is 79.9. The average Bonchev–Trinajstić information content (AvgIpc) is 2.69. The van der Waals surface area contributed by atoms with Crippen LogP contribution in [0.2, 0.25) is 0 Å². The maximum absolute atomic E-state index is 12.8. The first kappa shape index (κ1) is 16.2. The quantitative estimate of drug-likeness (QED) is 0.842. The smallest absolute Gasteiger partial charge is 0.311 e. The maximum atomic E-state index is 12.8. The van der Waals surface area contributed by atoms with Gasteiger partial charge in [-0.2, -0.15) is 13.2 Å². The first-order valence-corrected chi connectivity index (χ1v) is 8.08. The van der Waals surface area contributed by atoms with Crippen molar-refractivity contribution in [2.24, 2.45) is 5.14 Å². The van der Waals surface area contributed by atoms with E-state index in [1.54, 1.807) is 0 Å². The topological polar surface area (TPSA) is 80.5 Å². The van der Waals surface area contributed by atoms with E-state index in [0.717, 1.165) is 17.0 Å². The molecule has 21 heavy (non-hydrogen) atoms. The summed E-state index contributed by atoms with van der Waals surface area (Å²) >= 11 is 2.95. The first-order chi connectivity index (χ1) is 9.48. The highest BCUT2D eigenvalue weighted by molar-refractivity contribution is 9.10. The lowest BCUT2D eigenvalue weighted by molar-refractivity contribution is -0.137. The van der Waals surface area contributed by atoms with Crippen molar-refractivity contribution in [3.63, 3.8) is 0 Å². The SMILES string of the molecule is NS(=O)(=O)C1CC(=O)N(c2cc(Br)cc(C(F)(F)F)c2)C1. The van der Waals surface area contributed by atoms with E-state index in [2.05, 4.69) is 15.9 Å². The minimum absolute atomic E-state index is 0.0205. The molecule has 1 atom stereocenters. The van der Waals surface area contributed by atoms with Gasteiger partial charge in [0.25, 0.3) is 0 Å². The molecule has 2 N–H and O–H groups in total. The van der Waals surface area contributed by atoms with Crippen molar-refractivity contribution >= 4 is 37.5 Å². The molecule has 1 heterocycles. The summed E-state index contributed by atoms with van der Waals surface area (Å²) in [6.07, 6.45) is -4.91. The normalized spacial score (nSPS) is 20.1. The molecule has 0 spiro atoms. The van der Waals surface area contributed by atoms with Gasteiger partial charge in [-0.25, -0.2) is 13.6 Å². The fourth-order valence-corrected chi connectivity index (χ4v) is 3.25. The number of hydrogen-bond acceptors (Lipinski definition) is 3. The summed E-state index contributed by atoms with van der Waals surface area (Å²) < 4.78 is 60.9. The van der Waals surface area contributed by atoms with E-state index >= 15 is 0 Å². The van der Waals surface area contributed by atoms with Gasteiger partial charge in [0.2, 0.25) is 15.9 Å². The second-order valence-corrected chi connectivity index (χ2v) is 7.38. The second kappa shape index (κ2) is 5.25. The predicted octanol–water partition coefficient (Wildman–Crippen LogP) is 1.86. The Hall–Kier alpha value is -1.13. The van der Waals surface area contributed by atoms with E-state index in [4.69, 9.17) is 5.14 Å². The van der Waals surface area contributed by atoms with Crippen LogP contribution in [0.3, 0.4) is 0 Å². The summed E-state index contributed by atoms with van der Waals surface area (Å²) in [5.74, 6) is -0.583. The molecular formula is C11H10BrF3N2O3S. The molecule has 0 saturated carbocycles. The van der Waals surface area contributed by atoms with Crippen LogP contribution in [0.25, 0.3) is 0 Å². The lowest BCUT2D eigenvalue weighted by Crippen LogP contribution is -2.32. The number of carbonyl (C=O) groups excluding carboxylic acids is 1. The molecule has 1 aliphatic rings. The van der Waals surface area contributed by atoms with E-state index in [9.17, 15) is 26.4 Å². The number of halogens is 4. The van der Waals surface area contributed by atoms with Gasteiger partial charge >= 0.3 is 6.18 Å². The molecule has 0 aliphatic carbocycles. The number of carbonyl (C=O) groups is 1. The molecule has 1 aromatic rings. The molecule has 2 rings (SSSR count). The Kier molecular flexibility index (Phi) is 4.06. The molecule has 0 radical (unpaired) electrons. The van der Waals surface area contributed by atoms with E-state index in [0.29, 0.717) is 0 Å². The number of alkyl halides is 3. The van der Waals surface area contributed by atoms with Gasteiger partial charge in [0.05, 0.1) is 5.56 Å². The van der Waals surface area contributed by atoms with Crippen LogP contribution < -0.4 is 10.0 Å². The summed E-state index contributed by atoms with van der Waals surface area (Å²) in [5, 5.41) is 3.86. The fraction of sp³-hybridized carbons (Fsp3) is 0.364. The van der Waals surface area contributed by atoms with Crippen LogP contribution in [-0.2, 0) is 21.0 Å². The lowest BCUT2D eigenvalue weighted by Gasteiger charge is -2.18. The number of hydrogen-bond donors (Lipinski definition) is 1. The van der Waals surface area contributed by atoms with Gasteiger partial charge in [0.1, 0.15) is 5.25 Å². The molecule has 116 valence electrons. The molecule has 1 unspecified atom stereocenters. The van der Waals surface area contributed by atoms with Gasteiger partial charge < -0.3 is 4.90 Å². The van der Waals surface area contributed by atoms with Gasteiger partial charge in [-0.3, -0.25) is 4.79 Å². The predicted molar refractivity (Wildman–Crippen MR) is 73.0 cm³/mol. The molecule has 1 amide bonds. The fourth-order valence-electron chi connectivity index (χ4n) is 2.04. The van der Waals surface area contributed by atoms with Crippen LogP contribution in [-0.4, -0.2) is 26.1 Å². The molecule has 1 saturated heterocycles. The van der Waals surface area contributed by atoms with E-state index in [1.807, 2.05) is 0 Å². The number of sulfonamides is 1. The molecule has 1 aliphatic heterocycles. The Balaban J connectivity index is 2.39. The number of amides is 1. The van der Waals surface area contributed by atoms with E-state index in [1.165, 1.54) is 6.07 Å². The Morgan fingerprint density at radius 2 is 1.90 bits per heavy atom. The first-order valence-electron chi connectivity index (χ1n) is 5.68. The maximum Gasteiger partial charge on any atom is 0.416 e. The highest BCUT2D eigenvalue weighted by Gasteiger charge is 2.38. The molecule has 10 heteroatoms. The number of nitrogens with zero attached hydrogens (tertiary/aromatic N) is 1. The average molecular weight is 387 g/mol. The van der Waals surface area contributed by atoms with Crippen molar-refractivity contribution in [1.29, 1.82) is 0 Å². The van der Waals surface area contributed by atoms with Gasteiger partial charge in [-0.1, -0.05) is 15.9 Å². The van der Waals surface area contributed by atoms with Crippen molar-refractivity contribution in [3.8, 4) is 0 Å². The number of rotatable bonds is 2. The van der Waals surface area contributed by atoms with Crippen LogP contribution >= 0.6 is 15.9 Å². The number of nitrogens with two attached hydrogens (primary N) is 1. The summed E-state index contributed by atoms with van der Waals surface area (Å²) in [7, 11) is -3.92. The monoisotopic (exact) mass is 386 g/mol. The zero-order chi connectivity index (χ0) is 16.0. The Morgan fingerprint density at radius 3 is 2.38 bits per heavy atom. The highest BCUT2D eigenvalue weighted by Crippen LogP contribution is 2.35. The third kappa shape index (κ3) is 3.55. The minimum Gasteiger partial charge on any atom is -0.311 e. The summed E-state index contributed by atoms with van der Waals surface area (Å²) in [6, 6.07) is 2.99. The van der Waals surface area contributed by atoms with Crippen LogP contribution in [0.15, 0.2) is 22.7 Å². The molecule has 0 bridgehead atoms. The van der Waals surface area contributed by atoms with E-state index in [-0.39, 0.29) is 23.1 Å². The Morgan fingerprint density at radius 1 is 1.29 bits per heavy atom. The van der Waals surface area contributed by atoms with Crippen molar-refractivity contribution in [2.75, 3.05) is 11.4 Å². The van der Waals surface area contributed by atoms with Crippen molar-refractivity contribution in [2.45, 2.75) is 17.8 Å². The zero-order valence-electron chi connectivity index (χ0n) is 10.4.